The van der Waals surface area contributed by atoms with E-state index in [1.54, 1.807) is 0 Å². The molecular weight excluding hydrogens is 407 g/mol. The molecule has 0 heterocycles. The standard InChI is InChI=1S/C26H35O4P/c1-27-29-23-17-11-18-24(30-28-2)26(23)22-16-9-10-19-25(22)31(20-12-5-3-6-13-20)21-14-7-4-8-15-21/h9-11,16-21H,3-8,12-15H2,1-2H3. The lowest BCUT2D eigenvalue weighted by Gasteiger charge is -2.39. The van der Waals surface area contributed by atoms with Crippen LogP contribution in [0.1, 0.15) is 64.2 Å². The van der Waals surface area contributed by atoms with Crippen molar-refractivity contribution in [3.8, 4) is 22.6 Å². The fourth-order valence-electron chi connectivity index (χ4n) is 5.42. The Balaban J connectivity index is 1.83. The summed E-state index contributed by atoms with van der Waals surface area (Å²) >= 11 is 0. The lowest BCUT2D eigenvalue weighted by Crippen LogP contribution is -2.27. The molecule has 0 amide bonds. The molecule has 0 spiro atoms. The van der Waals surface area contributed by atoms with Gasteiger partial charge in [0.25, 0.3) is 0 Å². The second-order valence-electron chi connectivity index (χ2n) is 8.64. The monoisotopic (exact) mass is 442 g/mol. The van der Waals surface area contributed by atoms with Gasteiger partial charge >= 0.3 is 0 Å². The van der Waals surface area contributed by atoms with E-state index < -0.39 is 0 Å². The lowest BCUT2D eigenvalue weighted by molar-refractivity contribution is -0.183. The highest BCUT2D eigenvalue weighted by Crippen LogP contribution is 2.57. The maximum absolute atomic E-state index is 5.58. The van der Waals surface area contributed by atoms with Crippen molar-refractivity contribution in [1.29, 1.82) is 0 Å². The maximum atomic E-state index is 5.58. The molecule has 0 saturated heterocycles. The Hall–Kier alpha value is -1.61. The van der Waals surface area contributed by atoms with E-state index in [9.17, 15) is 0 Å². The molecule has 0 aliphatic heterocycles. The average Bonchev–Trinajstić information content (AvgIpc) is 2.82. The van der Waals surface area contributed by atoms with E-state index in [4.69, 9.17) is 19.6 Å². The first-order chi connectivity index (χ1) is 15.3. The van der Waals surface area contributed by atoms with Crippen LogP contribution in [0.15, 0.2) is 42.5 Å². The third-order valence-corrected chi connectivity index (χ3v) is 10.3. The predicted octanol–water partition coefficient (Wildman–Crippen LogP) is 7.01. The van der Waals surface area contributed by atoms with Gasteiger partial charge in [0.15, 0.2) is 11.5 Å². The molecular formula is C26H35O4P. The van der Waals surface area contributed by atoms with Crippen LogP contribution in [0.3, 0.4) is 0 Å². The van der Waals surface area contributed by atoms with E-state index in [1.165, 1.54) is 89.3 Å². The van der Waals surface area contributed by atoms with Crippen molar-refractivity contribution in [3.63, 3.8) is 0 Å². The summed E-state index contributed by atoms with van der Waals surface area (Å²) < 4.78 is 0. The molecule has 4 nitrogen and oxygen atoms in total. The topological polar surface area (TPSA) is 36.9 Å². The second-order valence-corrected chi connectivity index (χ2v) is 11.4. The van der Waals surface area contributed by atoms with E-state index in [0.29, 0.717) is 11.5 Å². The summed E-state index contributed by atoms with van der Waals surface area (Å²) in [5.41, 5.74) is 3.75. The predicted molar refractivity (Wildman–Crippen MR) is 127 cm³/mol. The molecule has 0 bridgehead atoms. The van der Waals surface area contributed by atoms with Crippen LogP contribution in [0.5, 0.6) is 11.5 Å². The average molecular weight is 443 g/mol. The zero-order valence-corrected chi connectivity index (χ0v) is 19.7. The van der Waals surface area contributed by atoms with Crippen molar-refractivity contribution in [2.45, 2.75) is 75.5 Å². The number of hydrogen-bond donors (Lipinski definition) is 0. The van der Waals surface area contributed by atoms with Gasteiger partial charge in [-0.3, -0.25) is 0 Å². The number of hydrogen-bond acceptors (Lipinski definition) is 4. The first-order valence-corrected chi connectivity index (χ1v) is 13.2. The molecule has 4 rings (SSSR count). The molecule has 2 aliphatic carbocycles. The molecule has 0 aromatic heterocycles. The molecule has 0 radical (unpaired) electrons. The molecule has 5 heteroatoms. The Labute approximate surface area is 187 Å². The summed E-state index contributed by atoms with van der Waals surface area (Å²) in [6, 6.07) is 14.7. The van der Waals surface area contributed by atoms with Gasteiger partial charge in [-0.05, 0) is 60.0 Å². The quantitative estimate of drug-likeness (QED) is 0.250. The minimum absolute atomic E-state index is 0.273. The summed E-state index contributed by atoms with van der Waals surface area (Å²) in [5.74, 6) is 1.32. The van der Waals surface area contributed by atoms with Crippen LogP contribution in [-0.4, -0.2) is 25.5 Å². The largest absolute Gasteiger partial charge is 0.337 e. The Kier molecular flexibility index (Phi) is 8.24. The van der Waals surface area contributed by atoms with Gasteiger partial charge in [-0.15, -0.1) is 0 Å². The van der Waals surface area contributed by atoms with Crippen LogP contribution in [0.25, 0.3) is 11.1 Å². The van der Waals surface area contributed by atoms with Crippen LogP contribution in [-0.2, 0) is 9.78 Å². The van der Waals surface area contributed by atoms with E-state index in [2.05, 4.69) is 24.3 Å². The summed E-state index contributed by atoms with van der Waals surface area (Å²) in [4.78, 5) is 21.3. The van der Waals surface area contributed by atoms with Crippen LogP contribution in [0.2, 0.25) is 0 Å². The van der Waals surface area contributed by atoms with E-state index in [1.807, 2.05) is 18.2 Å². The highest BCUT2D eigenvalue weighted by molar-refractivity contribution is 7.67. The van der Waals surface area contributed by atoms with Crippen molar-refractivity contribution in [2.75, 3.05) is 14.2 Å². The van der Waals surface area contributed by atoms with Crippen LogP contribution in [0.4, 0.5) is 0 Å². The van der Waals surface area contributed by atoms with E-state index >= 15 is 0 Å². The molecule has 2 aromatic carbocycles. The third-order valence-electron chi connectivity index (χ3n) is 6.72. The van der Waals surface area contributed by atoms with Gasteiger partial charge in [0.2, 0.25) is 0 Å². The molecule has 2 fully saturated rings. The molecule has 168 valence electrons. The minimum Gasteiger partial charge on any atom is -0.337 e. The maximum Gasteiger partial charge on any atom is 0.177 e. The van der Waals surface area contributed by atoms with E-state index in [0.717, 1.165) is 16.9 Å². The van der Waals surface area contributed by atoms with Crippen molar-refractivity contribution in [3.05, 3.63) is 42.5 Å². The van der Waals surface area contributed by atoms with Gasteiger partial charge in [-0.1, -0.05) is 76.8 Å². The highest BCUT2D eigenvalue weighted by atomic mass is 31.1. The van der Waals surface area contributed by atoms with Crippen LogP contribution in [0, 0.1) is 0 Å². The molecule has 0 unspecified atom stereocenters. The number of benzene rings is 2. The zero-order valence-electron chi connectivity index (χ0n) is 18.8. The number of rotatable bonds is 8. The van der Waals surface area contributed by atoms with E-state index in [-0.39, 0.29) is 7.92 Å². The van der Waals surface area contributed by atoms with Gasteiger partial charge in [-0.25, -0.2) is 0 Å². The van der Waals surface area contributed by atoms with Crippen LogP contribution < -0.4 is 15.1 Å². The Morgan fingerprint density at radius 2 is 1.16 bits per heavy atom. The summed E-state index contributed by atoms with van der Waals surface area (Å²) in [7, 11) is 2.80. The normalized spacial score (nSPS) is 18.3. The first kappa shape index (κ1) is 22.6. The van der Waals surface area contributed by atoms with Gasteiger partial charge in [0.1, 0.15) is 0 Å². The zero-order chi connectivity index (χ0) is 21.5. The van der Waals surface area contributed by atoms with Crippen molar-refractivity contribution in [1.82, 2.24) is 0 Å². The highest BCUT2D eigenvalue weighted by Gasteiger charge is 2.34. The Bertz CT molecular complexity index is 786. The molecule has 0 atom stereocenters. The smallest absolute Gasteiger partial charge is 0.177 e. The molecule has 2 aliphatic rings. The second kappa shape index (κ2) is 11.3. The fraction of sp³-hybridized carbons (Fsp3) is 0.538. The van der Waals surface area contributed by atoms with Crippen molar-refractivity contribution in [2.24, 2.45) is 0 Å². The minimum atomic E-state index is -0.273. The van der Waals surface area contributed by atoms with Crippen LogP contribution >= 0.6 is 7.92 Å². The van der Waals surface area contributed by atoms with Crippen molar-refractivity contribution >= 4 is 13.2 Å². The first-order valence-electron chi connectivity index (χ1n) is 11.8. The molecule has 31 heavy (non-hydrogen) atoms. The summed E-state index contributed by atoms with van der Waals surface area (Å²) in [6.07, 6.45) is 13.8. The van der Waals surface area contributed by atoms with Gasteiger partial charge < -0.3 is 9.78 Å². The van der Waals surface area contributed by atoms with Gasteiger partial charge in [0, 0.05) is 0 Å². The molecule has 2 aromatic rings. The fourth-order valence-corrected chi connectivity index (χ4v) is 9.36. The van der Waals surface area contributed by atoms with Gasteiger partial charge in [0.05, 0.1) is 19.8 Å². The molecule has 0 N–H and O–H groups in total. The van der Waals surface area contributed by atoms with Gasteiger partial charge in [-0.2, -0.15) is 9.78 Å². The third kappa shape index (κ3) is 5.25. The SMILES string of the molecule is COOc1cccc(OOC)c1-c1ccccc1P(C1CCCCC1)C1CCCCC1. The lowest BCUT2D eigenvalue weighted by atomic mass is 9.99. The van der Waals surface area contributed by atoms with Crippen molar-refractivity contribution < 1.29 is 19.6 Å². The summed E-state index contributed by atoms with van der Waals surface area (Å²) in [5, 5.41) is 1.49. The summed E-state index contributed by atoms with van der Waals surface area (Å²) in [6.45, 7) is 0. The Morgan fingerprint density at radius 3 is 1.68 bits per heavy atom. The Morgan fingerprint density at radius 1 is 0.645 bits per heavy atom. The molecule has 2 saturated carbocycles.